The van der Waals surface area contributed by atoms with Crippen LogP contribution in [0.3, 0.4) is 0 Å². The summed E-state index contributed by atoms with van der Waals surface area (Å²) in [4.78, 5) is 13.0. The molecule has 0 aromatic heterocycles. The van der Waals surface area contributed by atoms with Crippen LogP contribution in [0, 0.1) is 0 Å². The Hall–Kier alpha value is -1.69. The molecule has 1 aliphatic rings. The molecule has 2 rings (SSSR count). The third-order valence-electron chi connectivity index (χ3n) is 3.38. The first-order valence-electron chi connectivity index (χ1n) is 6.49. The summed E-state index contributed by atoms with van der Waals surface area (Å²) in [5, 5.41) is 9.11. The van der Waals surface area contributed by atoms with Crippen molar-refractivity contribution in [3.8, 4) is 5.75 Å². The van der Waals surface area contributed by atoms with E-state index in [1.54, 1.807) is 19.1 Å². The number of carboxylic acids is 1. The molecule has 0 radical (unpaired) electrons. The topological polar surface area (TPSA) is 49.8 Å². The summed E-state index contributed by atoms with van der Waals surface area (Å²) in [6.45, 7) is -0.682. The predicted molar refractivity (Wildman–Crippen MR) is 68.7 cm³/mol. The summed E-state index contributed by atoms with van der Waals surface area (Å²) in [7, 11) is 0. The lowest BCUT2D eigenvalue weighted by Gasteiger charge is -2.26. The molecule has 1 aliphatic carbocycles. The van der Waals surface area contributed by atoms with Crippen LogP contribution in [0.15, 0.2) is 24.3 Å². The molecule has 1 aromatic carbocycles. The van der Waals surface area contributed by atoms with Crippen LogP contribution in [-0.2, 0) is 11.3 Å². The number of nitrogens with zero attached hydrogens (tertiary/aromatic N) is 1. The van der Waals surface area contributed by atoms with Gasteiger partial charge in [0.2, 0.25) is 0 Å². The van der Waals surface area contributed by atoms with Gasteiger partial charge in [-0.25, -0.2) is 0 Å². The Balaban J connectivity index is 2.01. The van der Waals surface area contributed by atoms with E-state index in [-0.39, 0.29) is 5.75 Å². The second-order valence-corrected chi connectivity index (χ2v) is 4.94. The normalized spacial score (nSPS) is 16.4. The fourth-order valence-corrected chi connectivity index (χ4v) is 2.12. The number of halogens is 2. The molecule has 1 saturated carbocycles. The molecule has 1 unspecified atom stereocenters. The molecule has 110 valence electrons. The third-order valence-corrected chi connectivity index (χ3v) is 3.38. The highest BCUT2D eigenvalue weighted by molar-refractivity contribution is 5.73. The maximum atomic E-state index is 12.0. The molecule has 20 heavy (non-hydrogen) atoms. The molecule has 4 nitrogen and oxygen atoms in total. The monoisotopic (exact) mass is 285 g/mol. The van der Waals surface area contributed by atoms with Crippen LogP contribution in [0.1, 0.15) is 25.3 Å². The Morgan fingerprint density at radius 1 is 1.40 bits per heavy atom. The summed E-state index contributed by atoms with van der Waals surface area (Å²) >= 11 is 0. The van der Waals surface area contributed by atoms with Gasteiger partial charge in [-0.2, -0.15) is 8.78 Å². The number of hydrogen-bond acceptors (Lipinski definition) is 3. The predicted octanol–water partition coefficient (Wildman–Crippen LogP) is 2.73. The Morgan fingerprint density at radius 2 is 2.00 bits per heavy atom. The van der Waals surface area contributed by atoms with Crippen molar-refractivity contribution in [2.45, 2.75) is 45.0 Å². The lowest BCUT2D eigenvalue weighted by molar-refractivity contribution is -0.143. The minimum absolute atomic E-state index is 0.105. The van der Waals surface area contributed by atoms with Crippen molar-refractivity contribution in [1.82, 2.24) is 4.90 Å². The third kappa shape index (κ3) is 3.90. The number of carboxylic acid groups (broad SMARTS) is 1. The number of alkyl halides is 2. The molecule has 0 bridgehead atoms. The highest BCUT2D eigenvalue weighted by atomic mass is 19.3. The molecule has 0 saturated heterocycles. The minimum Gasteiger partial charge on any atom is -0.480 e. The zero-order valence-electron chi connectivity index (χ0n) is 11.1. The van der Waals surface area contributed by atoms with Gasteiger partial charge in [-0.05, 0) is 37.5 Å². The molecule has 1 atom stereocenters. The van der Waals surface area contributed by atoms with Gasteiger partial charge in [0.1, 0.15) is 11.8 Å². The van der Waals surface area contributed by atoms with E-state index in [9.17, 15) is 13.6 Å². The van der Waals surface area contributed by atoms with Crippen LogP contribution >= 0.6 is 0 Å². The van der Waals surface area contributed by atoms with Crippen LogP contribution in [0.25, 0.3) is 0 Å². The molecule has 1 fully saturated rings. The van der Waals surface area contributed by atoms with Crippen LogP contribution in [0.2, 0.25) is 0 Å². The average molecular weight is 285 g/mol. The van der Waals surface area contributed by atoms with E-state index in [1.807, 2.05) is 4.90 Å². The second kappa shape index (κ2) is 6.17. The number of rotatable bonds is 7. The van der Waals surface area contributed by atoms with Crippen molar-refractivity contribution in [2.24, 2.45) is 0 Å². The lowest BCUT2D eigenvalue weighted by atomic mass is 10.1. The fourth-order valence-electron chi connectivity index (χ4n) is 2.12. The first-order valence-corrected chi connectivity index (χ1v) is 6.49. The highest BCUT2D eigenvalue weighted by Crippen LogP contribution is 2.30. The van der Waals surface area contributed by atoms with E-state index in [2.05, 4.69) is 4.74 Å². The second-order valence-electron chi connectivity index (χ2n) is 4.94. The van der Waals surface area contributed by atoms with Gasteiger partial charge in [0.25, 0.3) is 0 Å². The molecule has 0 heterocycles. The van der Waals surface area contributed by atoms with Gasteiger partial charge >= 0.3 is 12.6 Å². The van der Waals surface area contributed by atoms with Crippen molar-refractivity contribution in [2.75, 3.05) is 0 Å². The van der Waals surface area contributed by atoms with Gasteiger partial charge < -0.3 is 9.84 Å². The smallest absolute Gasteiger partial charge is 0.387 e. The van der Waals surface area contributed by atoms with E-state index in [1.165, 1.54) is 12.1 Å². The maximum absolute atomic E-state index is 12.0. The maximum Gasteiger partial charge on any atom is 0.387 e. The Bertz CT molecular complexity index is 460. The first-order chi connectivity index (χ1) is 9.47. The number of hydrogen-bond donors (Lipinski definition) is 1. The first kappa shape index (κ1) is 14.7. The summed E-state index contributed by atoms with van der Waals surface area (Å²) in [5.41, 5.74) is 0.881. The van der Waals surface area contributed by atoms with Gasteiger partial charge in [0, 0.05) is 12.6 Å². The van der Waals surface area contributed by atoms with Crippen molar-refractivity contribution in [1.29, 1.82) is 0 Å². The minimum atomic E-state index is -2.84. The number of ether oxygens (including phenoxy) is 1. The van der Waals surface area contributed by atoms with Crippen molar-refractivity contribution in [3.63, 3.8) is 0 Å². The Morgan fingerprint density at radius 3 is 2.45 bits per heavy atom. The van der Waals surface area contributed by atoms with E-state index >= 15 is 0 Å². The fraction of sp³-hybridized carbons (Fsp3) is 0.500. The van der Waals surface area contributed by atoms with E-state index in [0.29, 0.717) is 12.6 Å². The van der Waals surface area contributed by atoms with Gasteiger partial charge in [0.15, 0.2) is 0 Å². The van der Waals surface area contributed by atoms with Crippen molar-refractivity contribution in [3.05, 3.63) is 29.8 Å². The zero-order valence-corrected chi connectivity index (χ0v) is 11.1. The van der Waals surface area contributed by atoms with Crippen LogP contribution < -0.4 is 4.74 Å². The molecule has 0 amide bonds. The lowest BCUT2D eigenvalue weighted by Crippen LogP contribution is -2.39. The van der Waals surface area contributed by atoms with E-state index in [0.717, 1.165) is 18.4 Å². The van der Waals surface area contributed by atoms with Gasteiger partial charge in [0.05, 0.1) is 0 Å². The van der Waals surface area contributed by atoms with Crippen molar-refractivity contribution < 1.29 is 23.4 Å². The quantitative estimate of drug-likeness (QED) is 0.837. The largest absolute Gasteiger partial charge is 0.480 e. The van der Waals surface area contributed by atoms with Gasteiger partial charge in [-0.15, -0.1) is 0 Å². The van der Waals surface area contributed by atoms with Crippen LogP contribution in [0.4, 0.5) is 8.78 Å². The molecule has 0 spiro atoms. The molecule has 1 N–H and O–H groups in total. The summed E-state index contributed by atoms with van der Waals surface area (Å²) in [6.07, 6.45) is 2.01. The molecular formula is C14H17F2NO3. The highest BCUT2D eigenvalue weighted by Gasteiger charge is 2.34. The molecule has 0 aliphatic heterocycles. The van der Waals surface area contributed by atoms with Gasteiger partial charge in [-0.3, -0.25) is 9.69 Å². The number of aliphatic carboxylic acids is 1. The van der Waals surface area contributed by atoms with E-state index < -0.39 is 18.6 Å². The van der Waals surface area contributed by atoms with Crippen LogP contribution in [0.5, 0.6) is 5.75 Å². The SMILES string of the molecule is CC(C(=O)O)N(Cc1ccc(OC(F)F)cc1)C1CC1. The number of carbonyl (C=O) groups is 1. The molecule has 1 aromatic rings. The Labute approximate surface area is 116 Å². The molecular weight excluding hydrogens is 268 g/mol. The zero-order chi connectivity index (χ0) is 14.7. The summed E-state index contributed by atoms with van der Waals surface area (Å²) in [6, 6.07) is 6.05. The van der Waals surface area contributed by atoms with Crippen molar-refractivity contribution >= 4 is 5.97 Å². The molecule has 6 heteroatoms. The van der Waals surface area contributed by atoms with E-state index in [4.69, 9.17) is 5.11 Å². The summed E-state index contributed by atoms with van der Waals surface area (Å²) in [5.74, 6) is -0.748. The average Bonchev–Trinajstić information content (AvgIpc) is 3.20. The number of benzene rings is 1. The van der Waals surface area contributed by atoms with Gasteiger partial charge in [-0.1, -0.05) is 12.1 Å². The standard InChI is InChI=1S/C14H17F2NO3/c1-9(13(18)19)17(11-4-5-11)8-10-2-6-12(7-3-10)20-14(15)16/h2-3,6-7,9,11,14H,4-5,8H2,1H3,(H,18,19). The van der Waals surface area contributed by atoms with Crippen LogP contribution in [-0.4, -0.2) is 34.7 Å². The Kier molecular flexibility index (Phi) is 4.54. The summed E-state index contributed by atoms with van der Waals surface area (Å²) < 4.78 is 28.4.